The van der Waals surface area contributed by atoms with Crippen LogP contribution in [0.5, 0.6) is 17.2 Å². The van der Waals surface area contributed by atoms with E-state index in [9.17, 15) is 9.59 Å². The van der Waals surface area contributed by atoms with Gasteiger partial charge in [-0.15, -0.1) is 0 Å². The summed E-state index contributed by atoms with van der Waals surface area (Å²) in [4.78, 5) is 25.3. The molecule has 0 heterocycles. The Morgan fingerprint density at radius 1 is 0.636 bits per heavy atom. The fourth-order valence-corrected chi connectivity index (χ4v) is 4.95. The minimum absolute atomic E-state index is 0.161. The van der Waals surface area contributed by atoms with Gasteiger partial charge in [0.15, 0.2) is 0 Å². The fraction of sp³-hybridized carbons (Fsp3) is 0.333. The molecule has 0 fully saturated rings. The summed E-state index contributed by atoms with van der Waals surface area (Å²) in [5.41, 5.74) is 6.57. The molecular weight excluding hydrogens is 548 g/mol. The first-order valence-corrected chi connectivity index (χ1v) is 15.3. The van der Waals surface area contributed by atoms with Crippen LogP contribution in [-0.2, 0) is 16.6 Å². The van der Waals surface area contributed by atoms with Crippen molar-refractivity contribution in [2.45, 2.75) is 85.7 Å². The monoisotopic (exact) mass is 592 g/mol. The van der Waals surface area contributed by atoms with Crippen molar-refractivity contribution in [3.63, 3.8) is 0 Å². The molecule has 230 valence electrons. The summed E-state index contributed by atoms with van der Waals surface area (Å²) in [6.45, 7) is 16.7. The van der Waals surface area contributed by atoms with Gasteiger partial charge in [0, 0.05) is 0 Å². The van der Waals surface area contributed by atoms with Crippen molar-refractivity contribution in [1.82, 2.24) is 0 Å². The number of benzene rings is 4. The van der Waals surface area contributed by atoms with Crippen LogP contribution < -0.4 is 9.47 Å². The highest BCUT2D eigenvalue weighted by molar-refractivity contribution is 5.91. The Hall–Kier alpha value is -4.38. The zero-order valence-electron chi connectivity index (χ0n) is 27.2. The fourth-order valence-electron chi connectivity index (χ4n) is 4.95. The highest BCUT2D eigenvalue weighted by atomic mass is 16.6. The van der Waals surface area contributed by atoms with Gasteiger partial charge in [0.25, 0.3) is 0 Å². The lowest BCUT2D eigenvalue weighted by Gasteiger charge is -2.26. The average Bonchev–Trinajstić information content (AvgIpc) is 2.99. The molecule has 0 spiro atoms. The second-order valence-electron chi connectivity index (χ2n) is 12.7. The van der Waals surface area contributed by atoms with Gasteiger partial charge in [-0.05, 0) is 135 Å². The lowest BCUT2D eigenvalue weighted by Crippen LogP contribution is -2.26. The number of carbonyl (C=O) groups excluding carboxylic acids is 2. The smallest absolute Gasteiger partial charge is 0.343 e. The Morgan fingerprint density at radius 2 is 1.16 bits per heavy atom. The first-order chi connectivity index (χ1) is 20.8. The number of aryl methyl sites for hydroxylation is 2. The summed E-state index contributed by atoms with van der Waals surface area (Å²) in [6, 6.07) is 26.3. The van der Waals surface area contributed by atoms with Crippen molar-refractivity contribution in [2.24, 2.45) is 0 Å². The zero-order valence-corrected chi connectivity index (χ0v) is 27.2. The average molecular weight is 593 g/mol. The van der Waals surface area contributed by atoms with Crippen LogP contribution in [0.25, 0.3) is 0 Å². The molecule has 0 bridgehead atoms. The third kappa shape index (κ3) is 8.16. The van der Waals surface area contributed by atoms with Crippen molar-refractivity contribution < 1.29 is 23.8 Å². The van der Waals surface area contributed by atoms with Gasteiger partial charge in [-0.2, -0.15) is 0 Å². The van der Waals surface area contributed by atoms with Crippen molar-refractivity contribution in [3.05, 3.63) is 124 Å². The molecule has 0 saturated heterocycles. The van der Waals surface area contributed by atoms with Crippen LogP contribution in [0.1, 0.15) is 103 Å². The van der Waals surface area contributed by atoms with E-state index in [0.29, 0.717) is 28.4 Å². The molecular formula is C39H44O5. The van der Waals surface area contributed by atoms with E-state index in [2.05, 4.69) is 52.0 Å². The molecule has 5 heteroatoms. The van der Waals surface area contributed by atoms with Gasteiger partial charge in [-0.3, -0.25) is 0 Å². The van der Waals surface area contributed by atoms with Gasteiger partial charge in [-0.25, -0.2) is 9.59 Å². The molecule has 4 aromatic carbocycles. The van der Waals surface area contributed by atoms with Gasteiger partial charge >= 0.3 is 11.9 Å². The van der Waals surface area contributed by atoms with E-state index in [1.54, 1.807) is 48.5 Å². The number of hydrogen-bond acceptors (Lipinski definition) is 5. The molecule has 4 aromatic rings. The van der Waals surface area contributed by atoms with Crippen LogP contribution in [-0.4, -0.2) is 17.5 Å². The molecule has 0 saturated carbocycles. The van der Waals surface area contributed by atoms with Crippen molar-refractivity contribution in [1.29, 1.82) is 0 Å². The predicted octanol–water partition coefficient (Wildman–Crippen LogP) is 9.94. The summed E-state index contributed by atoms with van der Waals surface area (Å²) in [7, 11) is 0. The van der Waals surface area contributed by atoms with E-state index in [-0.39, 0.29) is 11.4 Å². The number of esters is 2. The molecule has 0 aromatic heterocycles. The van der Waals surface area contributed by atoms with Crippen molar-refractivity contribution in [2.75, 3.05) is 0 Å². The van der Waals surface area contributed by atoms with Crippen LogP contribution in [0, 0.1) is 13.8 Å². The van der Waals surface area contributed by atoms with Crippen LogP contribution >= 0.6 is 0 Å². The molecule has 0 radical (unpaired) electrons. The Labute approximate surface area is 262 Å². The van der Waals surface area contributed by atoms with Gasteiger partial charge in [-0.1, -0.05) is 58.0 Å². The van der Waals surface area contributed by atoms with Crippen LogP contribution in [0.4, 0.5) is 0 Å². The van der Waals surface area contributed by atoms with E-state index in [4.69, 9.17) is 14.2 Å². The SMILES string of the molecule is CCC(C)(C)OC(=O)c1ccc(Oc2ccc(C(=O)Oc3ccc(Cc4ccc(C(C)(C)CC)c(C)c4)cc3C)cc2)cc1. The quantitative estimate of drug-likeness (QED) is 0.128. The minimum atomic E-state index is -0.518. The normalized spacial score (nSPS) is 11.6. The van der Waals surface area contributed by atoms with E-state index in [1.165, 1.54) is 22.3 Å². The number of hydrogen-bond donors (Lipinski definition) is 0. The molecule has 0 N–H and O–H groups in total. The highest BCUT2D eigenvalue weighted by Crippen LogP contribution is 2.31. The molecule has 0 aliphatic carbocycles. The summed E-state index contributed by atoms with van der Waals surface area (Å²) in [6.07, 6.45) is 2.63. The number of carbonyl (C=O) groups is 2. The predicted molar refractivity (Wildman–Crippen MR) is 176 cm³/mol. The second-order valence-corrected chi connectivity index (χ2v) is 12.7. The molecule has 0 unspecified atom stereocenters. The summed E-state index contributed by atoms with van der Waals surface area (Å²) >= 11 is 0. The number of rotatable bonds is 11. The summed E-state index contributed by atoms with van der Waals surface area (Å²) in [5, 5.41) is 0. The Balaban J connectivity index is 1.35. The molecule has 5 nitrogen and oxygen atoms in total. The highest BCUT2D eigenvalue weighted by Gasteiger charge is 2.22. The topological polar surface area (TPSA) is 61.8 Å². The maximum atomic E-state index is 12.9. The van der Waals surface area contributed by atoms with E-state index in [1.807, 2.05) is 39.8 Å². The van der Waals surface area contributed by atoms with Crippen LogP contribution in [0.3, 0.4) is 0 Å². The largest absolute Gasteiger partial charge is 0.457 e. The van der Waals surface area contributed by atoms with Gasteiger partial charge < -0.3 is 14.2 Å². The van der Waals surface area contributed by atoms with Gasteiger partial charge in [0.05, 0.1) is 11.1 Å². The maximum absolute atomic E-state index is 12.9. The van der Waals surface area contributed by atoms with Crippen molar-refractivity contribution >= 4 is 11.9 Å². The lowest BCUT2D eigenvalue weighted by atomic mass is 9.79. The standard InChI is InChI=1S/C39H44O5/c1-9-38(5,6)34-21-11-28(23-26(34)3)25-29-12-22-35(27(4)24-29)43-36(40)30-13-17-32(18-14-30)42-33-19-15-31(16-20-33)37(41)44-39(7,8)10-2/h11-24H,9-10,25H2,1-8H3. The minimum Gasteiger partial charge on any atom is -0.457 e. The van der Waals surface area contributed by atoms with E-state index < -0.39 is 11.6 Å². The molecule has 44 heavy (non-hydrogen) atoms. The Kier molecular flexibility index (Phi) is 9.98. The molecule has 0 aliphatic heterocycles. The first kappa shape index (κ1) is 32.5. The molecule has 0 amide bonds. The maximum Gasteiger partial charge on any atom is 0.343 e. The third-order valence-corrected chi connectivity index (χ3v) is 8.39. The molecule has 4 rings (SSSR count). The van der Waals surface area contributed by atoms with Gasteiger partial charge in [0.1, 0.15) is 22.8 Å². The second kappa shape index (κ2) is 13.5. The number of ether oxygens (including phenoxy) is 3. The third-order valence-electron chi connectivity index (χ3n) is 8.39. The van der Waals surface area contributed by atoms with Crippen molar-refractivity contribution in [3.8, 4) is 17.2 Å². The van der Waals surface area contributed by atoms with E-state index in [0.717, 1.165) is 24.8 Å². The lowest BCUT2D eigenvalue weighted by molar-refractivity contribution is -0.00245. The van der Waals surface area contributed by atoms with Crippen LogP contribution in [0.15, 0.2) is 84.9 Å². The zero-order chi connectivity index (χ0) is 32.1. The summed E-state index contributed by atoms with van der Waals surface area (Å²) in [5.74, 6) is 0.864. The Bertz CT molecular complexity index is 1610. The van der Waals surface area contributed by atoms with Gasteiger partial charge in [0.2, 0.25) is 0 Å². The Morgan fingerprint density at radius 3 is 1.66 bits per heavy atom. The molecule has 0 aliphatic rings. The van der Waals surface area contributed by atoms with E-state index >= 15 is 0 Å². The van der Waals surface area contributed by atoms with Crippen LogP contribution in [0.2, 0.25) is 0 Å². The first-order valence-electron chi connectivity index (χ1n) is 15.3. The molecule has 0 atom stereocenters. The summed E-state index contributed by atoms with van der Waals surface area (Å²) < 4.78 is 17.2.